The van der Waals surface area contributed by atoms with Crippen LogP contribution in [-0.4, -0.2) is 16.7 Å². The van der Waals surface area contributed by atoms with Crippen molar-refractivity contribution < 1.29 is 13.9 Å². The van der Waals surface area contributed by atoms with Crippen molar-refractivity contribution in [1.82, 2.24) is 4.98 Å². The van der Waals surface area contributed by atoms with E-state index in [9.17, 15) is 8.78 Å². The highest BCUT2D eigenvalue weighted by atomic mass is 19.1. The molecule has 1 N–H and O–H groups in total. The molecule has 0 radical (unpaired) electrons. The van der Waals surface area contributed by atoms with E-state index >= 15 is 0 Å². The molecule has 0 saturated heterocycles. The first-order valence-corrected chi connectivity index (χ1v) is 4.10. The van der Waals surface area contributed by atoms with Gasteiger partial charge in [0, 0.05) is 12.0 Å². The Morgan fingerprint density at radius 2 is 2.23 bits per heavy atom. The molecule has 0 bridgehead atoms. The maximum Gasteiger partial charge on any atom is 0.147 e. The first-order valence-electron chi connectivity index (χ1n) is 4.10. The van der Waals surface area contributed by atoms with Crippen molar-refractivity contribution in [1.29, 1.82) is 0 Å². The topological polar surface area (TPSA) is 33.1 Å². The molecule has 0 aromatic carbocycles. The summed E-state index contributed by atoms with van der Waals surface area (Å²) in [6.07, 6.45) is 1.53. The third-order valence-electron chi connectivity index (χ3n) is 1.94. The Labute approximate surface area is 75.2 Å². The number of aliphatic hydroxyl groups excluding tert-OH is 1. The molecule has 1 aromatic heterocycles. The summed E-state index contributed by atoms with van der Waals surface area (Å²) in [4.78, 5) is 3.61. The molecule has 1 unspecified atom stereocenters. The van der Waals surface area contributed by atoms with Crippen LogP contribution in [0.2, 0.25) is 0 Å². The van der Waals surface area contributed by atoms with Gasteiger partial charge < -0.3 is 5.11 Å². The van der Waals surface area contributed by atoms with Gasteiger partial charge in [0.05, 0.1) is 18.5 Å². The van der Waals surface area contributed by atoms with Crippen LogP contribution in [0.25, 0.3) is 0 Å². The highest BCUT2D eigenvalue weighted by molar-refractivity contribution is 5.13. The highest BCUT2D eigenvalue weighted by Gasteiger charge is 2.14. The van der Waals surface area contributed by atoms with Gasteiger partial charge in [-0.1, -0.05) is 6.92 Å². The van der Waals surface area contributed by atoms with Gasteiger partial charge in [0.1, 0.15) is 11.6 Å². The standard InChI is InChI=1S/C9H11F2NO/c1-2-6(5-13)9-8(11)3-7(10)4-12-9/h3-4,6,13H,2,5H2,1H3. The predicted molar refractivity (Wildman–Crippen MR) is 44.3 cm³/mol. The molecule has 13 heavy (non-hydrogen) atoms. The monoisotopic (exact) mass is 187 g/mol. The molecular weight excluding hydrogens is 176 g/mol. The van der Waals surface area contributed by atoms with Crippen molar-refractivity contribution in [3.05, 3.63) is 29.6 Å². The summed E-state index contributed by atoms with van der Waals surface area (Å²) < 4.78 is 25.5. The second kappa shape index (κ2) is 4.28. The van der Waals surface area contributed by atoms with Crippen molar-refractivity contribution in [2.24, 2.45) is 0 Å². The molecular formula is C9H11F2NO. The van der Waals surface area contributed by atoms with E-state index in [4.69, 9.17) is 5.11 Å². The maximum atomic E-state index is 13.1. The van der Waals surface area contributed by atoms with Crippen LogP contribution >= 0.6 is 0 Å². The molecule has 0 saturated carbocycles. The Balaban J connectivity index is 2.99. The summed E-state index contributed by atoms with van der Waals surface area (Å²) in [6, 6.07) is 0.778. The summed E-state index contributed by atoms with van der Waals surface area (Å²) >= 11 is 0. The van der Waals surface area contributed by atoms with E-state index in [2.05, 4.69) is 4.98 Å². The van der Waals surface area contributed by atoms with Gasteiger partial charge in [-0.25, -0.2) is 8.78 Å². The zero-order valence-corrected chi connectivity index (χ0v) is 7.30. The van der Waals surface area contributed by atoms with Gasteiger partial charge in [0.2, 0.25) is 0 Å². The molecule has 1 rings (SSSR count). The zero-order chi connectivity index (χ0) is 9.84. The first-order chi connectivity index (χ1) is 6.19. The number of aliphatic hydroxyl groups is 1. The van der Waals surface area contributed by atoms with Crippen molar-refractivity contribution >= 4 is 0 Å². The number of rotatable bonds is 3. The first kappa shape index (κ1) is 10.1. The van der Waals surface area contributed by atoms with Gasteiger partial charge in [-0.15, -0.1) is 0 Å². The fourth-order valence-electron chi connectivity index (χ4n) is 1.13. The number of nitrogens with zero attached hydrogens (tertiary/aromatic N) is 1. The minimum atomic E-state index is -0.700. The lowest BCUT2D eigenvalue weighted by atomic mass is 10.0. The maximum absolute atomic E-state index is 13.1. The van der Waals surface area contributed by atoms with Gasteiger partial charge >= 0.3 is 0 Å². The Kier molecular flexibility index (Phi) is 3.31. The Hall–Kier alpha value is -1.03. The van der Waals surface area contributed by atoms with Crippen molar-refractivity contribution in [2.45, 2.75) is 19.3 Å². The lowest BCUT2D eigenvalue weighted by Crippen LogP contribution is -2.08. The molecule has 0 aliphatic carbocycles. The van der Waals surface area contributed by atoms with Crippen molar-refractivity contribution in [2.75, 3.05) is 6.61 Å². The minimum Gasteiger partial charge on any atom is -0.396 e. The second-order valence-electron chi connectivity index (χ2n) is 2.81. The average molecular weight is 187 g/mol. The third-order valence-corrected chi connectivity index (χ3v) is 1.94. The Morgan fingerprint density at radius 1 is 1.54 bits per heavy atom. The van der Waals surface area contributed by atoms with E-state index in [-0.39, 0.29) is 18.2 Å². The van der Waals surface area contributed by atoms with Crippen LogP contribution in [0.4, 0.5) is 8.78 Å². The van der Waals surface area contributed by atoms with E-state index in [1.165, 1.54) is 0 Å². The largest absolute Gasteiger partial charge is 0.396 e. The average Bonchev–Trinajstić information content (AvgIpc) is 2.10. The summed E-state index contributed by atoms with van der Waals surface area (Å²) in [6.45, 7) is 1.64. The number of pyridine rings is 1. The molecule has 1 heterocycles. The Morgan fingerprint density at radius 3 is 2.69 bits per heavy atom. The lowest BCUT2D eigenvalue weighted by Gasteiger charge is -2.10. The van der Waals surface area contributed by atoms with E-state index in [0.717, 1.165) is 12.3 Å². The van der Waals surface area contributed by atoms with Gasteiger partial charge in [-0.3, -0.25) is 4.98 Å². The summed E-state index contributed by atoms with van der Waals surface area (Å²) in [5.41, 5.74) is 0.131. The smallest absolute Gasteiger partial charge is 0.147 e. The fraction of sp³-hybridized carbons (Fsp3) is 0.444. The normalized spacial score (nSPS) is 12.9. The predicted octanol–water partition coefficient (Wildman–Crippen LogP) is 1.85. The molecule has 0 amide bonds. The van der Waals surface area contributed by atoms with E-state index in [1.807, 2.05) is 6.92 Å². The fourth-order valence-corrected chi connectivity index (χ4v) is 1.13. The summed E-state index contributed by atoms with van der Waals surface area (Å²) in [7, 11) is 0. The van der Waals surface area contributed by atoms with Crippen LogP contribution in [0.15, 0.2) is 12.3 Å². The molecule has 72 valence electrons. The zero-order valence-electron chi connectivity index (χ0n) is 7.30. The van der Waals surface area contributed by atoms with E-state index in [0.29, 0.717) is 6.42 Å². The summed E-state index contributed by atoms with van der Waals surface area (Å²) in [5, 5.41) is 8.87. The molecule has 2 nitrogen and oxygen atoms in total. The third kappa shape index (κ3) is 2.21. The molecule has 4 heteroatoms. The van der Waals surface area contributed by atoms with Crippen molar-refractivity contribution in [3.8, 4) is 0 Å². The van der Waals surface area contributed by atoms with Gasteiger partial charge in [-0.2, -0.15) is 0 Å². The lowest BCUT2D eigenvalue weighted by molar-refractivity contribution is 0.256. The number of aromatic nitrogens is 1. The van der Waals surface area contributed by atoms with Crippen LogP contribution in [0.5, 0.6) is 0 Å². The van der Waals surface area contributed by atoms with E-state index in [1.54, 1.807) is 0 Å². The molecule has 0 aliphatic rings. The number of hydrogen-bond donors (Lipinski definition) is 1. The number of hydrogen-bond acceptors (Lipinski definition) is 2. The molecule has 1 aromatic rings. The molecule has 0 aliphatic heterocycles. The minimum absolute atomic E-state index is 0.131. The van der Waals surface area contributed by atoms with Crippen LogP contribution in [0, 0.1) is 11.6 Å². The van der Waals surface area contributed by atoms with Crippen molar-refractivity contribution in [3.63, 3.8) is 0 Å². The van der Waals surface area contributed by atoms with Gasteiger partial charge in [0.15, 0.2) is 0 Å². The van der Waals surface area contributed by atoms with Gasteiger partial charge in [-0.05, 0) is 6.42 Å². The van der Waals surface area contributed by atoms with Gasteiger partial charge in [0.25, 0.3) is 0 Å². The molecule has 0 fully saturated rings. The van der Waals surface area contributed by atoms with Crippen LogP contribution in [0.3, 0.4) is 0 Å². The highest BCUT2D eigenvalue weighted by Crippen LogP contribution is 2.19. The second-order valence-corrected chi connectivity index (χ2v) is 2.81. The number of halogens is 2. The van der Waals surface area contributed by atoms with E-state index < -0.39 is 11.6 Å². The molecule has 1 atom stereocenters. The Bertz CT molecular complexity index is 287. The van der Waals surface area contributed by atoms with Crippen LogP contribution < -0.4 is 0 Å². The quantitative estimate of drug-likeness (QED) is 0.783. The van der Waals surface area contributed by atoms with Crippen LogP contribution in [-0.2, 0) is 0 Å². The van der Waals surface area contributed by atoms with Crippen LogP contribution in [0.1, 0.15) is 25.0 Å². The SMILES string of the molecule is CCC(CO)c1ncc(F)cc1F. The summed E-state index contributed by atoms with van der Waals surface area (Å²) in [5.74, 6) is -1.74. The molecule has 0 spiro atoms.